The highest BCUT2D eigenvalue weighted by molar-refractivity contribution is 5.96. The molecule has 1 N–H and O–H groups in total. The summed E-state index contributed by atoms with van der Waals surface area (Å²) in [6.07, 6.45) is 0. The minimum atomic E-state index is -0.426. The summed E-state index contributed by atoms with van der Waals surface area (Å²) in [5, 5.41) is 9.59. The van der Waals surface area contributed by atoms with E-state index in [-0.39, 0.29) is 6.73 Å². The fourth-order valence-corrected chi connectivity index (χ4v) is 1.90. The lowest BCUT2D eigenvalue weighted by molar-refractivity contribution is 0.0601. The van der Waals surface area contributed by atoms with Crippen LogP contribution in [0.3, 0.4) is 0 Å². The van der Waals surface area contributed by atoms with Gasteiger partial charge in [-0.2, -0.15) is 0 Å². The highest BCUT2D eigenvalue weighted by Gasteiger charge is 2.17. The fraction of sp³-hybridized carbons (Fsp3) is 0.133. The number of rotatable bonds is 4. The molecule has 0 amide bonds. The van der Waals surface area contributed by atoms with Gasteiger partial charge in [-0.3, -0.25) is 0 Å². The normalized spacial score (nSPS) is 10.0. The summed E-state index contributed by atoms with van der Waals surface area (Å²) in [5.74, 6) is -0.426. The molecule has 4 nitrogen and oxygen atoms in total. The lowest BCUT2D eigenvalue weighted by Crippen LogP contribution is -2.20. The van der Waals surface area contributed by atoms with Crippen molar-refractivity contribution in [1.29, 1.82) is 0 Å². The lowest BCUT2D eigenvalue weighted by Gasteiger charge is -2.24. The van der Waals surface area contributed by atoms with Gasteiger partial charge in [0.15, 0.2) is 0 Å². The van der Waals surface area contributed by atoms with E-state index in [4.69, 9.17) is 4.74 Å². The van der Waals surface area contributed by atoms with Crippen LogP contribution in [0.4, 0.5) is 11.4 Å². The van der Waals surface area contributed by atoms with Crippen molar-refractivity contribution in [2.24, 2.45) is 0 Å². The predicted molar refractivity (Wildman–Crippen MR) is 73.4 cm³/mol. The Morgan fingerprint density at radius 3 is 2.37 bits per heavy atom. The van der Waals surface area contributed by atoms with E-state index in [0.29, 0.717) is 11.3 Å². The Hall–Kier alpha value is -2.33. The van der Waals surface area contributed by atoms with Crippen LogP contribution < -0.4 is 4.90 Å². The number of hydrogen-bond acceptors (Lipinski definition) is 4. The van der Waals surface area contributed by atoms with Gasteiger partial charge in [-0.15, -0.1) is 0 Å². The quantitative estimate of drug-likeness (QED) is 0.675. The third kappa shape index (κ3) is 2.74. The molecule has 0 atom stereocenters. The Morgan fingerprint density at radius 2 is 1.74 bits per heavy atom. The lowest BCUT2D eigenvalue weighted by atomic mass is 10.1. The van der Waals surface area contributed by atoms with E-state index in [1.54, 1.807) is 23.1 Å². The van der Waals surface area contributed by atoms with Crippen molar-refractivity contribution in [3.05, 3.63) is 60.2 Å². The minimum Gasteiger partial charge on any atom is -0.465 e. The molecule has 0 radical (unpaired) electrons. The van der Waals surface area contributed by atoms with Gasteiger partial charge in [0.05, 0.1) is 18.4 Å². The summed E-state index contributed by atoms with van der Waals surface area (Å²) < 4.78 is 4.76. The molecule has 0 saturated carbocycles. The van der Waals surface area contributed by atoms with E-state index in [1.165, 1.54) is 7.11 Å². The summed E-state index contributed by atoms with van der Waals surface area (Å²) in [6.45, 7) is -0.224. The standard InChI is InChI=1S/C15H15NO3/c1-19-15(18)13-9-5-6-10-14(13)16(11-17)12-7-3-2-4-8-12/h2-10,17H,11H2,1H3. The van der Waals surface area contributed by atoms with E-state index < -0.39 is 5.97 Å². The van der Waals surface area contributed by atoms with E-state index in [0.717, 1.165) is 5.69 Å². The zero-order valence-corrected chi connectivity index (χ0v) is 10.6. The molecule has 0 heterocycles. The average molecular weight is 257 g/mol. The number of aliphatic hydroxyl groups is 1. The number of esters is 1. The Labute approximate surface area is 111 Å². The van der Waals surface area contributed by atoms with Gasteiger partial charge >= 0.3 is 5.97 Å². The van der Waals surface area contributed by atoms with Crippen molar-refractivity contribution in [2.45, 2.75) is 0 Å². The van der Waals surface area contributed by atoms with Gasteiger partial charge in [-0.25, -0.2) is 4.79 Å². The number of carbonyl (C=O) groups excluding carboxylic acids is 1. The van der Waals surface area contributed by atoms with Crippen LogP contribution in [0.5, 0.6) is 0 Å². The second kappa shape index (κ2) is 6.02. The molecule has 0 saturated heterocycles. The van der Waals surface area contributed by atoms with E-state index in [2.05, 4.69) is 0 Å². The molecule has 0 unspecified atom stereocenters. The van der Waals surface area contributed by atoms with Crippen molar-refractivity contribution >= 4 is 17.3 Å². The van der Waals surface area contributed by atoms with Crippen LogP contribution in [0, 0.1) is 0 Å². The number of benzene rings is 2. The number of carbonyl (C=O) groups is 1. The molecule has 2 aromatic carbocycles. The topological polar surface area (TPSA) is 49.8 Å². The van der Waals surface area contributed by atoms with Crippen molar-refractivity contribution in [2.75, 3.05) is 18.7 Å². The van der Waals surface area contributed by atoms with Crippen LogP contribution in [-0.4, -0.2) is 24.9 Å². The Balaban J connectivity index is 2.47. The van der Waals surface area contributed by atoms with E-state index >= 15 is 0 Å². The number of aliphatic hydroxyl groups excluding tert-OH is 1. The number of methoxy groups -OCH3 is 1. The number of ether oxygens (including phenoxy) is 1. The molecular formula is C15H15NO3. The Bertz CT molecular complexity index is 554. The predicted octanol–water partition coefficient (Wildman–Crippen LogP) is 2.56. The van der Waals surface area contributed by atoms with Crippen molar-refractivity contribution in [3.63, 3.8) is 0 Å². The minimum absolute atomic E-state index is 0.224. The van der Waals surface area contributed by atoms with E-state index in [9.17, 15) is 9.90 Å². The first-order valence-electron chi connectivity index (χ1n) is 5.88. The Morgan fingerprint density at radius 1 is 1.11 bits per heavy atom. The van der Waals surface area contributed by atoms with Crippen LogP contribution in [-0.2, 0) is 4.74 Å². The maximum Gasteiger partial charge on any atom is 0.339 e. The highest BCUT2D eigenvalue weighted by atomic mass is 16.5. The molecule has 0 aliphatic heterocycles. The second-order valence-corrected chi connectivity index (χ2v) is 3.91. The molecule has 0 spiro atoms. The molecule has 0 aliphatic carbocycles. The first-order chi connectivity index (χ1) is 9.27. The van der Waals surface area contributed by atoms with E-state index in [1.807, 2.05) is 36.4 Å². The zero-order valence-electron chi connectivity index (χ0n) is 10.6. The van der Waals surface area contributed by atoms with Crippen molar-refractivity contribution in [3.8, 4) is 0 Å². The smallest absolute Gasteiger partial charge is 0.339 e. The molecule has 2 aromatic rings. The van der Waals surface area contributed by atoms with Gasteiger partial charge in [0.1, 0.15) is 6.73 Å². The molecule has 0 bridgehead atoms. The van der Waals surface area contributed by atoms with Crippen LogP contribution in [0.25, 0.3) is 0 Å². The number of nitrogens with zero attached hydrogens (tertiary/aromatic N) is 1. The van der Waals surface area contributed by atoms with Crippen LogP contribution in [0.1, 0.15) is 10.4 Å². The van der Waals surface area contributed by atoms with Crippen LogP contribution in [0.2, 0.25) is 0 Å². The third-order valence-corrected chi connectivity index (χ3v) is 2.81. The molecule has 4 heteroatoms. The molecule has 0 aromatic heterocycles. The molecule has 98 valence electrons. The summed E-state index contributed by atoms with van der Waals surface area (Å²) in [6, 6.07) is 16.4. The van der Waals surface area contributed by atoms with Gasteiger partial charge < -0.3 is 14.7 Å². The zero-order chi connectivity index (χ0) is 13.7. The first-order valence-corrected chi connectivity index (χ1v) is 5.88. The van der Waals surface area contributed by atoms with Crippen molar-refractivity contribution in [1.82, 2.24) is 0 Å². The monoisotopic (exact) mass is 257 g/mol. The van der Waals surface area contributed by atoms with Crippen LogP contribution in [0.15, 0.2) is 54.6 Å². The summed E-state index contributed by atoms with van der Waals surface area (Å²) >= 11 is 0. The van der Waals surface area contributed by atoms with Crippen LogP contribution >= 0.6 is 0 Å². The first kappa shape index (κ1) is 13.1. The number of anilines is 2. The van der Waals surface area contributed by atoms with Gasteiger partial charge in [-0.05, 0) is 24.3 Å². The molecule has 2 rings (SSSR count). The molecule has 19 heavy (non-hydrogen) atoms. The SMILES string of the molecule is COC(=O)c1ccccc1N(CO)c1ccccc1. The molecule has 0 fully saturated rings. The fourth-order valence-electron chi connectivity index (χ4n) is 1.90. The van der Waals surface area contributed by atoms with Gasteiger partial charge in [0.2, 0.25) is 0 Å². The summed E-state index contributed by atoms with van der Waals surface area (Å²) in [7, 11) is 1.34. The van der Waals surface area contributed by atoms with Crippen molar-refractivity contribution < 1.29 is 14.6 Å². The third-order valence-electron chi connectivity index (χ3n) is 2.81. The summed E-state index contributed by atoms with van der Waals surface area (Å²) in [5.41, 5.74) is 1.84. The molecule has 0 aliphatic rings. The number of para-hydroxylation sites is 2. The largest absolute Gasteiger partial charge is 0.465 e. The molecular weight excluding hydrogens is 242 g/mol. The number of hydrogen-bond donors (Lipinski definition) is 1. The maximum atomic E-state index is 11.8. The highest BCUT2D eigenvalue weighted by Crippen LogP contribution is 2.28. The van der Waals surface area contributed by atoms with Gasteiger partial charge in [-0.1, -0.05) is 30.3 Å². The van der Waals surface area contributed by atoms with Gasteiger partial charge in [0.25, 0.3) is 0 Å². The second-order valence-electron chi connectivity index (χ2n) is 3.91. The summed E-state index contributed by atoms with van der Waals surface area (Å²) in [4.78, 5) is 13.4. The average Bonchev–Trinajstić information content (AvgIpc) is 2.49. The van der Waals surface area contributed by atoms with Gasteiger partial charge in [0, 0.05) is 5.69 Å². The Kier molecular flexibility index (Phi) is 4.15. The maximum absolute atomic E-state index is 11.8.